The van der Waals surface area contributed by atoms with Gasteiger partial charge in [0.25, 0.3) is 0 Å². The number of halogens is 1. The van der Waals surface area contributed by atoms with E-state index in [0.29, 0.717) is 45.4 Å². The molecule has 2 aromatic heterocycles. The van der Waals surface area contributed by atoms with Gasteiger partial charge in [-0.25, -0.2) is 17.5 Å². The molecule has 0 unspecified atom stereocenters. The van der Waals surface area contributed by atoms with E-state index in [1.54, 1.807) is 28.7 Å². The standard InChI is InChI=1S/C27H30FN5O3S/c1-2-27-13-19-14-30-33(22-5-3-21(28)4-6-22)26(19)11-20(27)7-10-32(18-27)37(35,36)25-12-23(15-29-16-25)31-9-8-24(34)17-31/h3-6,11-12,14-16,24,34H,2,7-10,13,17-18H2,1H3/t24-,27-/m1/s1. The van der Waals surface area contributed by atoms with Crippen molar-refractivity contribution in [3.8, 4) is 5.69 Å². The van der Waals surface area contributed by atoms with Crippen molar-refractivity contribution in [2.45, 2.75) is 43.6 Å². The van der Waals surface area contributed by atoms with Crippen molar-refractivity contribution in [1.29, 1.82) is 0 Å². The summed E-state index contributed by atoms with van der Waals surface area (Å²) >= 11 is 0. The van der Waals surface area contributed by atoms with Gasteiger partial charge in [0.1, 0.15) is 10.7 Å². The first-order chi connectivity index (χ1) is 17.8. The Hall–Kier alpha value is -3.08. The molecule has 1 aromatic carbocycles. The van der Waals surface area contributed by atoms with Crippen molar-refractivity contribution in [3.63, 3.8) is 0 Å². The van der Waals surface area contributed by atoms with Crippen LogP contribution in [0.1, 0.15) is 37.4 Å². The molecule has 0 spiro atoms. The summed E-state index contributed by atoms with van der Waals surface area (Å²) in [5.41, 5.74) is 4.48. The summed E-state index contributed by atoms with van der Waals surface area (Å²) in [7, 11) is -3.75. The number of pyridine rings is 1. The van der Waals surface area contributed by atoms with Gasteiger partial charge in [-0.1, -0.05) is 12.5 Å². The summed E-state index contributed by atoms with van der Waals surface area (Å²) in [6, 6.07) is 7.95. The molecule has 8 nitrogen and oxygen atoms in total. The highest BCUT2D eigenvalue weighted by atomic mass is 32.2. The largest absolute Gasteiger partial charge is 0.391 e. The van der Waals surface area contributed by atoms with E-state index in [0.717, 1.165) is 29.1 Å². The molecule has 0 bridgehead atoms. The normalized spacial score (nSPS) is 24.0. The molecule has 37 heavy (non-hydrogen) atoms. The SMILES string of the molecule is CC[C@]12Cc3cnn(-c4ccc(F)cc4)c3C=C1CCN(S(=O)(=O)c1cncc(N3CC[C@@H](O)C3)c1)C2. The van der Waals surface area contributed by atoms with E-state index in [-0.39, 0.29) is 16.1 Å². The molecule has 10 heteroatoms. The maximum absolute atomic E-state index is 13.8. The second-order valence-electron chi connectivity index (χ2n) is 10.3. The van der Waals surface area contributed by atoms with Gasteiger partial charge in [0.15, 0.2) is 0 Å². The van der Waals surface area contributed by atoms with Crippen LogP contribution in [0.4, 0.5) is 10.1 Å². The topological polar surface area (TPSA) is 91.6 Å². The van der Waals surface area contributed by atoms with E-state index >= 15 is 0 Å². The van der Waals surface area contributed by atoms with Crippen molar-refractivity contribution in [2.24, 2.45) is 5.41 Å². The third-order valence-corrected chi connectivity index (χ3v) is 9.94. The number of piperidine rings is 1. The predicted octanol–water partition coefficient (Wildman–Crippen LogP) is 3.41. The molecule has 194 valence electrons. The summed E-state index contributed by atoms with van der Waals surface area (Å²) in [4.78, 5) is 6.39. The van der Waals surface area contributed by atoms with Crippen LogP contribution in [0.15, 0.2) is 59.4 Å². The van der Waals surface area contributed by atoms with Crippen molar-refractivity contribution in [1.82, 2.24) is 19.1 Å². The maximum Gasteiger partial charge on any atom is 0.244 e. The highest BCUT2D eigenvalue weighted by molar-refractivity contribution is 7.89. The molecule has 4 heterocycles. The number of benzene rings is 1. The maximum atomic E-state index is 13.8. The van der Waals surface area contributed by atoms with E-state index in [1.165, 1.54) is 23.9 Å². The van der Waals surface area contributed by atoms with Crippen LogP contribution in [0.2, 0.25) is 0 Å². The Bertz CT molecular complexity index is 1470. The fraction of sp³-hybridized carbons (Fsp3) is 0.407. The lowest BCUT2D eigenvalue weighted by Crippen LogP contribution is -2.49. The lowest BCUT2D eigenvalue weighted by molar-refractivity contribution is 0.198. The zero-order valence-corrected chi connectivity index (χ0v) is 21.5. The number of hydrogen-bond donors (Lipinski definition) is 1. The predicted molar refractivity (Wildman–Crippen MR) is 138 cm³/mol. The zero-order chi connectivity index (χ0) is 25.8. The molecular formula is C27H30FN5O3S. The minimum absolute atomic E-state index is 0.186. The van der Waals surface area contributed by atoms with Gasteiger partial charge in [0.05, 0.1) is 35.6 Å². The molecule has 2 fully saturated rings. The van der Waals surface area contributed by atoms with Crippen LogP contribution in [0.3, 0.4) is 0 Å². The molecule has 2 saturated heterocycles. The summed E-state index contributed by atoms with van der Waals surface area (Å²) in [5, 5.41) is 14.5. The van der Waals surface area contributed by atoms with Gasteiger partial charge in [0.2, 0.25) is 10.0 Å². The fourth-order valence-electron chi connectivity index (χ4n) is 5.94. The number of anilines is 1. The summed E-state index contributed by atoms with van der Waals surface area (Å²) in [6.45, 7) is 4.06. The first-order valence-corrected chi connectivity index (χ1v) is 14.2. The van der Waals surface area contributed by atoms with Crippen LogP contribution < -0.4 is 4.90 Å². The highest BCUT2D eigenvalue weighted by Gasteiger charge is 2.45. The van der Waals surface area contributed by atoms with Crippen molar-refractivity contribution in [3.05, 3.63) is 71.6 Å². The van der Waals surface area contributed by atoms with E-state index in [2.05, 4.69) is 23.1 Å². The van der Waals surface area contributed by atoms with E-state index in [4.69, 9.17) is 0 Å². The number of hydrogen-bond acceptors (Lipinski definition) is 6. The van der Waals surface area contributed by atoms with Gasteiger partial charge in [-0.3, -0.25) is 4.98 Å². The highest BCUT2D eigenvalue weighted by Crippen LogP contribution is 2.47. The summed E-state index contributed by atoms with van der Waals surface area (Å²) in [6.07, 6.45) is 9.46. The quantitative estimate of drug-likeness (QED) is 0.551. The van der Waals surface area contributed by atoms with Crippen LogP contribution in [0.5, 0.6) is 0 Å². The van der Waals surface area contributed by atoms with Crippen LogP contribution in [-0.4, -0.2) is 64.9 Å². The average molecular weight is 524 g/mol. The average Bonchev–Trinajstić information content (AvgIpc) is 3.53. The Morgan fingerprint density at radius 2 is 1.95 bits per heavy atom. The van der Waals surface area contributed by atoms with Crippen LogP contribution in [-0.2, 0) is 16.4 Å². The lowest BCUT2D eigenvalue weighted by atomic mass is 9.67. The van der Waals surface area contributed by atoms with Crippen molar-refractivity contribution < 1.29 is 17.9 Å². The smallest absolute Gasteiger partial charge is 0.244 e. The summed E-state index contributed by atoms with van der Waals surface area (Å²) in [5.74, 6) is -0.291. The number of aliphatic hydroxyl groups excluding tert-OH is 1. The Kier molecular flexibility index (Phi) is 5.93. The molecule has 2 aliphatic heterocycles. The molecule has 0 saturated carbocycles. The number of fused-ring (bicyclic) bond motifs is 2. The molecule has 0 amide bonds. The first kappa shape index (κ1) is 24.3. The Morgan fingerprint density at radius 1 is 1.14 bits per heavy atom. The third kappa shape index (κ3) is 4.17. The number of aliphatic hydroxyl groups is 1. The monoisotopic (exact) mass is 523 g/mol. The van der Waals surface area contributed by atoms with Gasteiger partial charge in [-0.05, 0) is 67.7 Å². The van der Waals surface area contributed by atoms with E-state index in [1.807, 2.05) is 15.8 Å². The van der Waals surface area contributed by atoms with Gasteiger partial charge < -0.3 is 10.0 Å². The number of β-amino-alcohol motifs (C(OH)–C–C–N with tert-alkyl or cyclic N) is 1. The van der Waals surface area contributed by atoms with Gasteiger partial charge in [0, 0.05) is 37.8 Å². The van der Waals surface area contributed by atoms with E-state index in [9.17, 15) is 17.9 Å². The molecule has 2 atom stereocenters. The molecule has 3 aromatic rings. The number of rotatable bonds is 5. The third-order valence-electron chi connectivity index (χ3n) is 8.13. The lowest BCUT2D eigenvalue weighted by Gasteiger charge is -2.45. The van der Waals surface area contributed by atoms with Crippen molar-refractivity contribution in [2.75, 3.05) is 31.1 Å². The van der Waals surface area contributed by atoms with Gasteiger partial charge in [-0.2, -0.15) is 9.40 Å². The fourth-order valence-corrected chi connectivity index (χ4v) is 7.45. The Balaban J connectivity index is 1.29. The minimum atomic E-state index is -3.75. The summed E-state index contributed by atoms with van der Waals surface area (Å²) < 4.78 is 44.4. The number of sulfonamides is 1. The Labute approximate surface area is 216 Å². The van der Waals surface area contributed by atoms with E-state index < -0.39 is 16.1 Å². The van der Waals surface area contributed by atoms with Crippen LogP contribution >= 0.6 is 0 Å². The minimum Gasteiger partial charge on any atom is -0.391 e. The van der Waals surface area contributed by atoms with Crippen molar-refractivity contribution >= 4 is 21.8 Å². The zero-order valence-electron chi connectivity index (χ0n) is 20.7. The van der Waals surface area contributed by atoms with Crippen LogP contribution in [0, 0.1) is 11.2 Å². The second kappa shape index (κ2) is 9.04. The molecule has 1 aliphatic carbocycles. The number of aromatic nitrogens is 3. The second-order valence-corrected chi connectivity index (χ2v) is 12.2. The molecule has 0 radical (unpaired) electrons. The number of nitrogens with zero attached hydrogens (tertiary/aromatic N) is 5. The first-order valence-electron chi connectivity index (χ1n) is 12.7. The molecule has 6 rings (SSSR count). The van der Waals surface area contributed by atoms with Gasteiger partial charge in [-0.15, -0.1) is 0 Å². The molecule has 1 N–H and O–H groups in total. The van der Waals surface area contributed by atoms with Gasteiger partial charge >= 0.3 is 0 Å². The molecule has 3 aliphatic rings. The Morgan fingerprint density at radius 3 is 2.68 bits per heavy atom. The molecular weight excluding hydrogens is 493 g/mol. The van der Waals surface area contributed by atoms with Crippen LogP contribution in [0.25, 0.3) is 11.8 Å².